The molecule has 0 saturated heterocycles. The van der Waals surface area contributed by atoms with Crippen molar-refractivity contribution in [1.82, 2.24) is 4.90 Å². The second kappa shape index (κ2) is 12.0. The smallest absolute Gasteiger partial charge is 0.339 e. The van der Waals surface area contributed by atoms with Gasteiger partial charge in [-0.3, -0.25) is 9.59 Å². The molecule has 0 aromatic heterocycles. The Labute approximate surface area is 204 Å². The first-order valence-electron chi connectivity index (χ1n) is 10.9. The lowest BCUT2D eigenvalue weighted by molar-refractivity contribution is -0.135. The van der Waals surface area contributed by atoms with Crippen LogP contribution in [-0.4, -0.2) is 42.1 Å². The first-order valence-corrected chi connectivity index (χ1v) is 11.9. The monoisotopic (exact) mass is 476 g/mol. The number of anilines is 1. The molecule has 0 aliphatic carbocycles. The van der Waals surface area contributed by atoms with Gasteiger partial charge in [-0.25, -0.2) is 4.79 Å². The first kappa shape index (κ1) is 25.1. The Morgan fingerprint density at radius 2 is 1.59 bits per heavy atom. The van der Waals surface area contributed by atoms with E-state index in [1.54, 1.807) is 36.2 Å². The van der Waals surface area contributed by atoms with Crippen molar-refractivity contribution in [3.8, 4) is 0 Å². The van der Waals surface area contributed by atoms with Crippen molar-refractivity contribution in [2.24, 2.45) is 0 Å². The van der Waals surface area contributed by atoms with E-state index in [4.69, 9.17) is 4.74 Å². The zero-order valence-electron chi connectivity index (χ0n) is 19.5. The number of aryl methyl sites for hydroxylation is 1. The largest absolute Gasteiger partial charge is 0.452 e. The SMILES string of the molecule is Cc1ccc(NC(=O)CSc2ccccc2C(=O)OCC(=O)N(C)C(C)c2ccccc2)cc1. The van der Waals surface area contributed by atoms with Crippen LogP contribution in [0, 0.1) is 6.92 Å². The number of hydrogen-bond donors (Lipinski definition) is 1. The van der Waals surface area contributed by atoms with E-state index in [2.05, 4.69) is 5.32 Å². The van der Waals surface area contributed by atoms with Gasteiger partial charge in [-0.05, 0) is 43.7 Å². The number of ether oxygens (including phenoxy) is 1. The predicted molar refractivity (Wildman–Crippen MR) is 135 cm³/mol. The Morgan fingerprint density at radius 3 is 2.29 bits per heavy atom. The molecule has 0 spiro atoms. The molecule has 0 saturated carbocycles. The zero-order chi connectivity index (χ0) is 24.5. The highest BCUT2D eigenvalue weighted by Gasteiger charge is 2.20. The third-order valence-corrected chi connectivity index (χ3v) is 6.46. The summed E-state index contributed by atoms with van der Waals surface area (Å²) in [6, 6.07) is 23.9. The highest BCUT2D eigenvalue weighted by atomic mass is 32.2. The van der Waals surface area contributed by atoms with Crippen molar-refractivity contribution in [1.29, 1.82) is 0 Å². The van der Waals surface area contributed by atoms with Gasteiger partial charge in [-0.2, -0.15) is 0 Å². The second-order valence-corrected chi connectivity index (χ2v) is 8.88. The molecule has 0 aliphatic heterocycles. The summed E-state index contributed by atoms with van der Waals surface area (Å²) in [4.78, 5) is 39.8. The van der Waals surface area contributed by atoms with Gasteiger partial charge in [0.2, 0.25) is 5.91 Å². The van der Waals surface area contributed by atoms with Crippen molar-refractivity contribution in [2.75, 3.05) is 24.7 Å². The van der Waals surface area contributed by atoms with Gasteiger partial charge in [0.1, 0.15) is 0 Å². The summed E-state index contributed by atoms with van der Waals surface area (Å²) in [6.07, 6.45) is 0. The topological polar surface area (TPSA) is 75.7 Å². The molecule has 1 unspecified atom stereocenters. The summed E-state index contributed by atoms with van der Waals surface area (Å²) in [7, 11) is 1.68. The maximum Gasteiger partial charge on any atom is 0.339 e. The third-order valence-electron chi connectivity index (χ3n) is 5.38. The average Bonchev–Trinajstić information content (AvgIpc) is 2.87. The van der Waals surface area contributed by atoms with Crippen LogP contribution in [0.3, 0.4) is 0 Å². The minimum atomic E-state index is -0.601. The zero-order valence-corrected chi connectivity index (χ0v) is 20.3. The Kier molecular flexibility index (Phi) is 8.87. The van der Waals surface area contributed by atoms with E-state index in [-0.39, 0.29) is 30.2 Å². The first-order chi connectivity index (χ1) is 16.3. The molecule has 34 heavy (non-hydrogen) atoms. The van der Waals surface area contributed by atoms with Crippen molar-refractivity contribution in [3.63, 3.8) is 0 Å². The number of nitrogens with one attached hydrogen (secondary N) is 1. The van der Waals surface area contributed by atoms with E-state index in [1.165, 1.54) is 11.8 Å². The van der Waals surface area contributed by atoms with Gasteiger partial charge in [0.05, 0.1) is 17.4 Å². The summed E-state index contributed by atoms with van der Waals surface area (Å²) in [5.41, 5.74) is 3.15. The molecule has 0 aliphatic rings. The van der Waals surface area contributed by atoms with Crippen LogP contribution in [0.4, 0.5) is 5.69 Å². The summed E-state index contributed by atoms with van der Waals surface area (Å²) in [5, 5.41) is 2.84. The molecule has 2 amide bonds. The molecule has 3 aromatic carbocycles. The fourth-order valence-corrected chi connectivity index (χ4v) is 4.06. The molecule has 1 N–H and O–H groups in total. The fraction of sp³-hybridized carbons (Fsp3) is 0.222. The Bertz CT molecular complexity index is 1130. The normalized spacial score (nSPS) is 11.4. The molecular weight excluding hydrogens is 448 g/mol. The number of esters is 1. The Hall–Kier alpha value is -3.58. The van der Waals surface area contributed by atoms with Gasteiger partial charge in [0.25, 0.3) is 5.91 Å². The molecule has 6 nitrogen and oxygen atoms in total. The Balaban J connectivity index is 1.54. The molecule has 0 fully saturated rings. The second-order valence-electron chi connectivity index (χ2n) is 7.87. The van der Waals surface area contributed by atoms with Crippen molar-refractivity contribution in [3.05, 3.63) is 95.6 Å². The minimum absolute atomic E-state index is 0.133. The fourth-order valence-electron chi connectivity index (χ4n) is 3.22. The number of amides is 2. The van der Waals surface area contributed by atoms with Crippen LogP contribution in [0.2, 0.25) is 0 Å². The molecular formula is C27H28N2O4S. The lowest BCUT2D eigenvalue weighted by Crippen LogP contribution is -2.33. The summed E-state index contributed by atoms with van der Waals surface area (Å²) in [5.74, 6) is -0.943. The van der Waals surface area contributed by atoms with E-state index in [1.807, 2.05) is 68.4 Å². The number of likely N-dealkylation sites (N-methyl/N-ethyl adjacent to an activating group) is 1. The number of benzene rings is 3. The van der Waals surface area contributed by atoms with Crippen LogP contribution in [0.5, 0.6) is 0 Å². The molecule has 176 valence electrons. The molecule has 7 heteroatoms. The van der Waals surface area contributed by atoms with Crippen LogP contribution in [-0.2, 0) is 14.3 Å². The van der Waals surface area contributed by atoms with E-state index < -0.39 is 5.97 Å². The van der Waals surface area contributed by atoms with E-state index in [0.29, 0.717) is 10.5 Å². The number of hydrogen-bond acceptors (Lipinski definition) is 5. The number of carbonyl (C=O) groups excluding carboxylic acids is 3. The lowest BCUT2D eigenvalue weighted by atomic mass is 10.1. The molecule has 0 bridgehead atoms. The average molecular weight is 477 g/mol. The van der Waals surface area contributed by atoms with Gasteiger partial charge in [0.15, 0.2) is 6.61 Å². The minimum Gasteiger partial charge on any atom is -0.452 e. The Morgan fingerprint density at radius 1 is 0.941 bits per heavy atom. The van der Waals surface area contributed by atoms with Gasteiger partial charge in [-0.1, -0.05) is 60.2 Å². The maximum atomic E-state index is 12.7. The number of thioether (sulfide) groups is 1. The molecule has 1 atom stereocenters. The van der Waals surface area contributed by atoms with Crippen molar-refractivity contribution in [2.45, 2.75) is 24.8 Å². The van der Waals surface area contributed by atoms with E-state index >= 15 is 0 Å². The highest BCUT2D eigenvalue weighted by Crippen LogP contribution is 2.24. The quantitative estimate of drug-likeness (QED) is 0.343. The maximum absolute atomic E-state index is 12.7. The van der Waals surface area contributed by atoms with Crippen LogP contribution < -0.4 is 5.32 Å². The number of carbonyl (C=O) groups is 3. The van der Waals surface area contributed by atoms with Gasteiger partial charge in [0, 0.05) is 17.6 Å². The molecule has 3 rings (SSSR count). The van der Waals surface area contributed by atoms with Gasteiger partial charge >= 0.3 is 5.97 Å². The summed E-state index contributed by atoms with van der Waals surface area (Å²) in [6.45, 7) is 3.54. The third kappa shape index (κ3) is 6.96. The van der Waals surface area contributed by atoms with Crippen molar-refractivity contribution >= 4 is 35.2 Å². The van der Waals surface area contributed by atoms with Crippen LogP contribution in [0.1, 0.15) is 34.5 Å². The molecule has 0 heterocycles. The van der Waals surface area contributed by atoms with E-state index in [9.17, 15) is 14.4 Å². The predicted octanol–water partition coefficient (Wildman–Crippen LogP) is 5.10. The summed E-state index contributed by atoms with van der Waals surface area (Å²) >= 11 is 1.24. The summed E-state index contributed by atoms with van der Waals surface area (Å²) < 4.78 is 5.31. The van der Waals surface area contributed by atoms with Gasteiger partial charge in [-0.15, -0.1) is 11.8 Å². The van der Waals surface area contributed by atoms with Crippen LogP contribution >= 0.6 is 11.8 Å². The highest BCUT2D eigenvalue weighted by molar-refractivity contribution is 8.00. The standard InChI is InChI=1S/C27H28N2O4S/c1-19-13-15-22(16-14-19)28-25(30)18-34-24-12-8-7-11-23(24)27(32)33-17-26(31)29(3)20(2)21-9-5-4-6-10-21/h4-16,20H,17-18H2,1-3H3,(H,28,30). The molecule has 0 radical (unpaired) electrons. The van der Waals surface area contributed by atoms with Crippen LogP contribution in [0.25, 0.3) is 0 Å². The molecule has 3 aromatic rings. The van der Waals surface area contributed by atoms with E-state index in [0.717, 1.165) is 16.8 Å². The van der Waals surface area contributed by atoms with Crippen molar-refractivity contribution < 1.29 is 19.1 Å². The number of rotatable bonds is 9. The number of nitrogens with zero attached hydrogens (tertiary/aromatic N) is 1. The lowest BCUT2D eigenvalue weighted by Gasteiger charge is -2.25. The van der Waals surface area contributed by atoms with Crippen LogP contribution in [0.15, 0.2) is 83.8 Å². The van der Waals surface area contributed by atoms with Gasteiger partial charge < -0.3 is 15.0 Å².